The molecule has 4 rings (SSSR count). The van der Waals surface area contributed by atoms with E-state index in [1.807, 2.05) is 24.3 Å². The number of piperidine rings is 1. The van der Waals surface area contributed by atoms with Crippen molar-refractivity contribution in [3.8, 4) is 17.1 Å². The minimum atomic E-state index is -3.81. The van der Waals surface area contributed by atoms with Crippen LogP contribution in [0.1, 0.15) is 29.9 Å². The highest BCUT2D eigenvalue weighted by atomic mass is 32.2. The number of hydrogen-bond acceptors (Lipinski definition) is 7. The van der Waals surface area contributed by atoms with Gasteiger partial charge in [0.2, 0.25) is 27.6 Å². The van der Waals surface area contributed by atoms with Gasteiger partial charge in [-0.15, -0.1) is 0 Å². The molecule has 1 atom stereocenters. The molecule has 1 amide bonds. The summed E-state index contributed by atoms with van der Waals surface area (Å²) in [6.07, 6.45) is 1.24. The van der Waals surface area contributed by atoms with Gasteiger partial charge in [-0.05, 0) is 37.5 Å². The first-order valence-corrected chi connectivity index (χ1v) is 12.5. The number of aryl methyl sites for hydroxylation is 2. The van der Waals surface area contributed by atoms with E-state index in [0.717, 1.165) is 5.56 Å². The molecular weight excluding hydrogens is 456 g/mol. The van der Waals surface area contributed by atoms with Crippen molar-refractivity contribution in [1.29, 1.82) is 0 Å². The second-order valence-electron chi connectivity index (χ2n) is 8.35. The molecule has 3 aromatic rings. The molecular formula is C24H28N4O5S. The van der Waals surface area contributed by atoms with Crippen LogP contribution in [0.25, 0.3) is 11.4 Å². The molecule has 34 heavy (non-hydrogen) atoms. The van der Waals surface area contributed by atoms with E-state index in [1.165, 1.54) is 4.31 Å². The summed E-state index contributed by atoms with van der Waals surface area (Å²) in [7, 11) is -2.23. The van der Waals surface area contributed by atoms with Gasteiger partial charge in [0.05, 0.1) is 17.9 Å². The van der Waals surface area contributed by atoms with E-state index in [9.17, 15) is 13.2 Å². The zero-order chi connectivity index (χ0) is 24.3. The standard InChI is InChI=1S/C24H28N4O5S/c1-16-10-11-18(23-26-17(2)33-27-23)13-22(16)34(30,31)28-12-6-8-20(15-28)24(29)25-14-19-7-4-5-9-21(19)32-3/h4-5,7,9-11,13,20H,6,8,12,14-15H2,1-3H3,(H,25,29)/t20-/m1/s1. The lowest BCUT2D eigenvalue weighted by Crippen LogP contribution is -2.45. The molecule has 1 fully saturated rings. The fraction of sp³-hybridized carbons (Fsp3) is 0.375. The highest BCUT2D eigenvalue weighted by Gasteiger charge is 2.34. The van der Waals surface area contributed by atoms with Crippen molar-refractivity contribution in [2.24, 2.45) is 5.92 Å². The Hall–Kier alpha value is -3.24. The summed E-state index contributed by atoms with van der Waals surface area (Å²) in [6.45, 7) is 4.24. The lowest BCUT2D eigenvalue weighted by Gasteiger charge is -2.31. The van der Waals surface area contributed by atoms with Crippen molar-refractivity contribution in [3.63, 3.8) is 0 Å². The first-order chi connectivity index (χ1) is 16.3. The molecule has 0 saturated carbocycles. The monoisotopic (exact) mass is 484 g/mol. The lowest BCUT2D eigenvalue weighted by atomic mass is 9.98. The van der Waals surface area contributed by atoms with Gasteiger partial charge in [-0.25, -0.2) is 8.42 Å². The highest BCUT2D eigenvalue weighted by Crippen LogP contribution is 2.29. The smallest absolute Gasteiger partial charge is 0.243 e. The average Bonchev–Trinajstić information content (AvgIpc) is 3.29. The summed E-state index contributed by atoms with van der Waals surface area (Å²) in [6, 6.07) is 12.5. The molecule has 1 N–H and O–H groups in total. The molecule has 1 saturated heterocycles. The summed E-state index contributed by atoms with van der Waals surface area (Å²) in [5.74, 6) is 0.835. The maximum atomic E-state index is 13.5. The molecule has 9 nitrogen and oxygen atoms in total. The van der Waals surface area contributed by atoms with E-state index in [-0.39, 0.29) is 17.3 Å². The number of rotatable bonds is 7. The third kappa shape index (κ3) is 4.97. The van der Waals surface area contributed by atoms with Crippen LogP contribution in [-0.2, 0) is 21.4 Å². The second-order valence-corrected chi connectivity index (χ2v) is 10.3. The van der Waals surface area contributed by atoms with Crippen molar-refractivity contribution < 1.29 is 22.5 Å². The van der Waals surface area contributed by atoms with Gasteiger partial charge in [0.25, 0.3) is 0 Å². The van der Waals surface area contributed by atoms with E-state index in [0.29, 0.717) is 54.5 Å². The van der Waals surface area contributed by atoms with Gasteiger partial charge >= 0.3 is 0 Å². The van der Waals surface area contributed by atoms with Crippen LogP contribution < -0.4 is 10.1 Å². The van der Waals surface area contributed by atoms with Crippen molar-refractivity contribution in [2.45, 2.75) is 38.1 Å². The van der Waals surface area contributed by atoms with Gasteiger partial charge in [-0.2, -0.15) is 9.29 Å². The Kier molecular flexibility index (Phi) is 6.99. The molecule has 0 radical (unpaired) electrons. The second kappa shape index (κ2) is 9.94. The largest absolute Gasteiger partial charge is 0.496 e. The van der Waals surface area contributed by atoms with E-state index in [1.54, 1.807) is 39.2 Å². The van der Waals surface area contributed by atoms with Crippen LogP contribution >= 0.6 is 0 Å². The molecule has 10 heteroatoms. The molecule has 2 heterocycles. The number of ether oxygens (including phenoxy) is 1. The van der Waals surface area contributed by atoms with E-state index < -0.39 is 15.9 Å². The first-order valence-electron chi connectivity index (χ1n) is 11.1. The van der Waals surface area contributed by atoms with Gasteiger partial charge in [0.1, 0.15) is 5.75 Å². The van der Waals surface area contributed by atoms with Gasteiger partial charge < -0.3 is 14.6 Å². The Balaban J connectivity index is 1.49. The lowest BCUT2D eigenvalue weighted by molar-refractivity contribution is -0.126. The number of amides is 1. The van der Waals surface area contributed by atoms with Crippen molar-refractivity contribution in [1.82, 2.24) is 19.8 Å². The SMILES string of the molecule is COc1ccccc1CNC(=O)[C@@H]1CCCN(S(=O)(=O)c2cc(-c3noc(C)n3)ccc2C)C1. The van der Waals surface area contributed by atoms with Crippen LogP contribution in [0.4, 0.5) is 0 Å². The maximum Gasteiger partial charge on any atom is 0.243 e. The van der Waals surface area contributed by atoms with Gasteiger partial charge in [-0.3, -0.25) is 4.79 Å². The maximum absolute atomic E-state index is 13.5. The van der Waals surface area contributed by atoms with Crippen LogP contribution in [0.2, 0.25) is 0 Å². The Morgan fingerprint density at radius 3 is 2.76 bits per heavy atom. The van der Waals surface area contributed by atoms with E-state index in [4.69, 9.17) is 9.26 Å². The molecule has 0 unspecified atom stereocenters. The molecule has 1 aliphatic rings. The number of para-hydroxylation sites is 1. The number of sulfonamides is 1. The van der Waals surface area contributed by atoms with Crippen LogP contribution in [0.15, 0.2) is 51.9 Å². The molecule has 0 spiro atoms. The number of nitrogens with one attached hydrogen (secondary N) is 1. The summed E-state index contributed by atoms with van der Waals surface area (Å²) in [5.41, 5.74) is 2.04. The molecule has 0 bridgehead atoms. The molecule has 180 valence electrons. The number of hydrogen-bond donors (Lipinski definition) is 1. The predicted octanol–water partition coefficient (Wildman–Crippen LogP) is 3.08. The summed E-state index contributed by atoms with van der Waals surface area (Å²) in [4.78, 5) is 17.3. The Bertz CT molecular complexity index is 1290. The third-order valence-corrected chi connectivity index (χ3v) is 8.00. The van der Waals surface area contributed by atoms with Crippen molar-refractivity contribution in [3.05, 3.63) is 59.5 Å². The molecule has 1 aliphatic heterocycles. The molecule has 1 aromatic heterocycles. The zero-order valence-corrected chi connectivity index (χ0v) is 20.3. The number of benzene rings is 2. The van der Waals surface area contributed by atoms with Crippen LogP contribution in [-0.4, -0.2) is 49.0 Å². The summed E-state index contributed by atoms with van der Waals surface area (Å²) < 4.78 is 38.8. The van der Waals surface area contributed by atoms with E-state index >= 15 is 0 Å². The fourth-order valence-corrected chi connectivity index (χ4v) is 5.90. The Morgan fingerprint density at radius 1 is 1.24 bits per heavy atom. The quantitative estimate of drug-likeness (QED) is 0.548. The summed E-state index contributed by atoms with van der Waals surface area (Å²) in [5, 5.41) is 6.82. The highest BCUT2D eigenvalue weighted by molar-refractivity contribution is 7.89. The van der Waals surface area contributed by atoms with Crippen molar-refractivity contribution >= 4 is 15.9 Å². The first kappa shape index (κ1) is 23.9. The van der Waals surface area contributed by atoms with Crippen LogP contribution in [0.3, 0.4) is 0 Å². The van der Waals surface area contributed by atoms with E-state index in [2.05, 4.69) is 15.5 Å². The minimum Gasteiger partial charge on any atom is -0.496 e. The summed E-state index contributed by atoms with van der Waals surface area (Å²) >= 11 is 0. The topological polar surface area (TPSA) is 115 Å². The number of methoxy groups -OCH3 is 1. The number of carbonyl (C=O) groups is 1. The Labute approximate surface area is 199 Å². The predicted molar refractivity (Wildman–Crippen MR) is 126 cm³/mol. The number of aromatic nitrogens is 2. The average molecular weight is 485 g/mol. The van der Waals surface area contributed by atoms with Crippen molar-refractivity contribution in [2.75, 3.05) is 20.2 Å². The Morgan fingerprint density at radius 2 is 2.03 bits per heavy atom. The number of nitrogens with zero attached hydrogens (tertiary/aromatic N) is 3. The minimum absolute atomic E-state index is 0.130. The van der Waals surface area contributed by atoms with Crippen LogP contribution in [0, 0.1) is 19.8 Å². The number of carbonyl (C=O) groups excluding carboxylic acids is 1. The van der Waals surface area contributed by atoms with Gasteiger partial charge in [0, 0.05) is 37.7 Å². The molecule has 0 aliphatic carbocycles. The van der Waals surface area contributed by atoms with Gasteiger partial charge in [-0.1, -0.05) is 35.5 Å². The fourth-order valence-electron chi connectivity index (χ4n) is 4.12. The third-order valence-electron chi connectivity index (χ3n) is 5.99. The zero-order valence-electron chi connectivity index (χ0n) is 19.4. The van der Waals surface area contributed by atoms with Crippen LogP contribution in [0.5, 0.6) is 5.75 Å². The normalized spacial score (nSPS) is 16.9. The van der Waals surface area contributed by atoms with Gasteiger partial charge in [0.15, 0.2) is 0 Å². The molecule has 2 aromatic carbocycles.